The Morgan fingerprint density at radius 1 is 0.844 bits per heavy atom. The van der Waals surface area contributed by atoms with Gasteiger partial charge in [-0.2, -0.15) is 0 Å². The number of carbonyl (C=O) groups excluding carboxylic acids is 1. The molecule has 1 heterocycles. The standard InChI is InChI=1S/C29H34N2O/c1-22(2)25-13-15-27(16-14-25)30-29(32)28(26-11-7-4-8-12-26)31-19-17-24(18-20-31)21-23-9-5-3-6-10-23/h3-16,22,24,28H,17-21H2,1-2H3,(H,30,32). The van der Waals surface area contributed by atoms with Gasteiger partial charge in [-0.1, -0.05) is 86.6 Å². The maximum Gasteiger partial charge on any atom is 0.246 e. The van der Waals surface area contributed by atoms with Crippen LogP contribution in [0.1, 0.15) is 55.3 Å². The monoisotopic (exact) mass is 426 g/mol. The van der Waals surface area contributed by atoms with Crippen molar-refractivity contribution in [1.82, 2.24) is 4.90 Å². The lowest BCUT2D eigenvalue weighted by molar-refractivity contribution is -0.122. The number of likely N-dealkylation sites (tertiary alicyclic amines) is 1. The summed E-state index contributed by atoms with van der Waals surface area (Å²) < 4.78 is 0. The van der Waals surface area contributed by atoms with Gasteiger partial charge in [-0.25, -0.2) is 0 Å². The summed E-state index contributed by atoms with van der Waals surface area (Å²) >= 11 is 0. The molecule has 3 heteroatoms. The minimum absolute atomic E-state index is 0.0509. The van der Waals surface area contributed by atoms with Gasteiger partial charge in [0.1, 0.15) is 6.04 Å². The van der Waals surface area contributed by atoms with Crippen LogP contribution >= 0.6 is 0 Å². The highest BCUT2D eigenvalue weighted by Crippen LogP contribution is 2.30. The smallest absolute Gasteiger partial charge is 0.246 e. The summed E-state index contributed by atoms with van der Waals surface area (Å²) in [6, 6.07) is 28.9. The molecule has 3 nitrogen and oxygen atoms in total. The summed E-state index contributed by atoms with van der Waals surface area (Å²) in [5.74, 6) is 1.21. The van der Waals surface area contributed by atoms with Crippen LogP contribution in [0, 0.1) is 5.92 Å². The number of nitrogens with one attached hydrogen (secondary N) is 1. The van der Waals surface area contributed by atoms with Crippen LogP contribution in [-0.2, 0) is 11.2 Å². The van der Waals surface area contributed by atoms with Crippen LogP contribution in [0.3, 0.4) is 0 Å². The quantitative estimate of drug-likeness (QED) is 0.471. The number of amides is 1. The molecule has 3 aromatic carbocycles. The van der Waals surface area contributed by atoms with E-state index in [2.05, 4.69) is 78.7 Å². The summed E-state index contributed by atoms with van der Waals surface area (Å²) in [7, 11) is 0. The van der Waals surface area contributed by atoms with Crippen LogP contribution in [0.15, 0.2) is 84.9 Å². The number of nitrogens with zero attached hydrogens (tertiary/aromatic N) is 1. The number of piperidine rings is 1. The van der Waals surface area contributed by atoms with E-state index in [4.69, 9.17) is 0 Å². The second kappa shape index (κ2) is 10.6. The Bertz CT molecular complexity index is 975. The lowest BCUT2D eigenvalue weighted by Gasteiger charge is -2.37. The second-order valence-corrected chi connectivity index (χ2v) is 9.25. The lowest BCUT2D eigenvalue weighted by Crippen LogP contribution is -2.42. The third kappa shape index (κ3) is 5.66. The van der Waals surface area contributed by atoms with Crippen molar-refractivity contribution in [2.24, 2.45) is 5.92 Å². The third-order valence-corrected chi connectivity index (χ3v) is 6.59. The zero-order valence-electron chi connectivity index (χ0n) is 19.2. The molecule has 0 spiro atoms. The van der Waals surface area contributed by atoms with Crippen molar-refractivity contribution < 1.29 is 4.79 Å². The van der Waals surface area contributed by atoms with Crippen LogP contribution in [0.4, 0.5) is 5.69 Å². The molecule has 3 aromatic rings. The van der Waals surface area contributed by atoms with E-state index in [1.807, 2.05) is 30.3 Å². The molecule has 0 radical (unpaired) electrons. The largest absolute Gasteiger partial charge is 0.324 e. The van der Waals surface area contributed by atoms with E-state index >= 15 is 0 Å². The first-order chi connectivity index (χ1) is 15.6. The minimum atomic E-state index is -0.265. The number of anilines is 1. The Labute approximate surface area is 192 Å². The van der Waals surface area contributed by atoms with Gasteiger partial charge >= 0.3 is 0 Å². The Balaban J connectivity index is 1.45. The van der Waals surface area contributed by atoms with Crippen molar-refractivity contribution in [1.29, 1.82) is 0 Å². The molecule has 1 amide bonds. The van der Waals surface area contributed by atoms with E-state index in [9.17, 15) is 4.79 Å². The highest BCUT2D eigenvalue weighted by Gasteiger charge is 2.31. The van der Waals surface area contributed by atoms with E-state index in [-0.39, 0.29) is 11.9 Å². The zero-order chi connectivity index (χ0) is 22.3. The number of hydrogen-bond donors (Lipinski definition) is 1. The van der Waals surface area contributed by atoms with Crippen molar-refractivity contribution in [2.75, 3.05) is 18.4 Å². The molecule has 1 aliphatic heterocycles. The van der Waals surface area contributed by atoms with Crippen LogP contribution in [0.2, 0.25) is 0 Å². The molecule has 0 bridgehead atoms. The normalized spacial score (nSPS) is 16.1. The number of carbonyl (C=O) groups is 1. The van der Waals surface area contributed by atoms with Gasteiger partial charge < -0.3 is 5.32 Å². The molecule has 166 valence electrons. The second-order valence-electron chi connectivity index (χ2n) is 9.25. The fourth-order valence-corrected chi connectivity index (χ4v) is 4.69. The molecule has 32 heavy (non-hydrogen) atoms. The van der Waals surface area contributed by atoms with Gasteiger partial charge in [0.25, 0.3) is 0 Å². The molecule has 1 unspecified atom stereocenters. The van der Waals surface area contributed by atoms with Crippen LogP contribution in [0.25, 0.3) is 0 Å². The highest BCUT2D eigenvalue weighted by molar-refractivity contribution is 5.95. The fraction of sp³-hybridized carbons (Fsp3) is 0.345. The van der Waals surface area contributed by atoms with Gasteiger partial charge in [-0.15, -0.1) is 0 Å². The summed E-state index contributed by atoms with van der Waals surface area (Å²) in [4.78, 5) is 15.8. The first-order valence-electron chi connectivity index (χ1n) is 11.8. The molecule has 1 atom stereocenters. The van der Waals surface area contributed by atoms with Crippen LogP contribution in [-0.4, -0.2) is 23.9 Å². The summed E-state index contributed by atoms with van der Waals surface area (Å²) in [6.07, 6.45) is 3.36. The molecule has 0 saturated carbocycles. The number of rotatable bonds is 7. The number of benzene rings is 3. The van der Waals surface area contributed by atoms with E-state index in [0.717, 1.165) is 43.6 Å². The fourth-order valence-electron chi connectivity index (χ4n) is 4.69. The number of hydrogen-bond acceptors (Lipinski definition) is 2. The lowest BCUT2D eigenvalue weighted by atomic mass is 9.89. The molecule has 4 rings (SSSR count). The minimum Gasteiger partial charge on any atom is -0.324 e. The Morgan fingerprint density at radius 2 is 1.44 bits per heavy atom. The maximum atomic E-state index is 13.5. The molecule has 1 aliphatic rings. The van der Waals surface area contributed by atoms with E-state index in [1.54, 1.807) is 0 Å². The maximum absolute atomic E-state index is 13.5. The molecule has 1 saturated heterocycles. The van der Waals surface area contributed by atoms with Crippen molar-refractivity contribution in [3.05, 3.63) is 102 Å². The van der Waals surface area contributed by atoms with Crippen molar-refractivity contribution >= 4 is 11.6 Å². The summed E-state index contributed by atoms with van der Waals surface area (Å²) in [5, 5.41) is 3.17. The van der Waals surface area contributed by atoms with E-state index in [1.165, 1.54) is 11.1 Å². The van der Waals surface area contributed by atoms with Gasteiger partial charge in [0.2, 0.25) is 5.91 Å². The Kier molecular flexibility index (Phi) is 7.39. The average molecular weight is 427 g/mol. The molecule has 0 aromatic heterocycles. The highest BCUT2D eigenvalue weighted by atomic mass is 16.2. The predicted octanol–water partition coefficient (Wildman–Crippen LogP) is 6.44. The van der Waals surface area contributed by atoms with Crippen molar-refractivity contribution in [2.45, 2.75) is 45.1 Å². The van der Waals surface area contributed by atoms with Gasteiger partial charge in [-0.05, 0) is 73.0 Å². The van der Waals surface area contributed by atoms with E-state index in [0.29, 0.717) is 11.8 Å². The first-order valence-corrected chi connectivity index (χ1v) is 11.8. The van der Waals surface area contributed by atoms with Crippen molar-refractivity contribution in [3.8, 4) is 0 Å². The Hall–Kier alpha value is -2.91. The average Bonchev–Trinajstić information content (AvgIpc) is 2.82. The predicted molar refractivity (Wildman–Crippen MR) is 133 cm³/mol. The van der Waals surface area contributed by atoms with E-state index < -0.39 is 0 Å². The Morgan fingerprint density at radius 3 is 2.03 bits per heavy atom. The zero-order valence-corrected chi connectivity index (χ0v) is 19.2. The van der Waals surface area contributed by atoms with Gasteiger partial charge in [0.05, 0.1) is 0 Å². The topological polar surface area (TPSA) is 32.3 Å². The molecule has 0 aliphatic carbocycles. The summed E-state index contributed by atoms with van der Waals surface area (Å²) in [5.41, 5.74) is 4.61. The molecular formula is C29H34N2O. The SMILES string of the molecule is CC(C)c1ccc(NC(=O)C(c2ccccc2)N2CCC(Cc3ccccc3)CC2)cc1. The van der Waals surface area contributed by atoms with Crippen LogP contribution < -0.4 is 5.32 Å². The van der Waals surface area contributed by atoms with Crippen molar-refractivity contribution in [3.63, 3.8) is 0 Å². The van der Waals surface area contributed by atoms with Crippen LogP contribution in [0.5, 0.6) is 0 Å². The third-order valence-electron chi connectivity index (χ3n) is 6.59. The summed E-state index contributed by atoms with van der Waals surface area (Å²) in [6.45, 7) is 6.24. The molecule has 1 N–H and O–H groups in total. The van der Waals surface area contributed by atoms with Gasteiger partial charge in [0.15, 0.2) is 0 Å². The molecule has 1 fully saturated rings. The molecular weight excluding hydrogens is 392 g/mol. The first kappa shape index (κ1) is 22.3. The van der Waals surface area contributed by atoms with Gasteiger partial charge in [0, 0.05) is 5.69 Å². The van der Waals surface area contributed by atoms with Gasteiger partial charge in [-0.3, -0.25) is 9.69 Å².